The molecule has 0 aliphatic heterocycles. The summed E-state index contributed by atoms with van der Waals surface area (Å²) in [6.45, 7) is 5.65. The van der Waals surface area contributed by atoms with Crippen molar-refractivity contribution in [1.29, 1.82) is 0 Å². The summed E-state index contributed by atoms with van der Waals surface area (Å²) in [6, 6.07) is 20.6. The highest BCUT2D eigenvalue weighted by molar-refractivity contribution is 8.76. The molecule has 0 radical (unpaired) electrons. The summed E-state index contributed by atoms with van der Waals surface area (Å²) >= 11 is 0. The van der Waals surface area contributed by atoms with Gasteiger partial charge < -0.3 is 15.4 Å². The summed E-state index contributed by atoms with van der Waals surface area (Å²) in [4.78, 5) is 2.24. The van der Waals surface area contributed by atoms with Crippen LogP contribution in [0.5, 0.6) is 11.5 Å². The third-order valence-electron chi connectivity index (χ3n) is 4.31. The van der Waals surface area contributed by atoms with E-state index in [4.69, 9.17) is 0 Å². The van der Waals surface area contributed by atoms with E-state index in [1.54, 1.807) is 39.9 Å². The normalized spacial score (nSPS) is 12.4. The van der Waals surface area contributed by atoms with Gasteiger partial charge in [0.2, 0.25) is 0 Å². The van der Waals surface area contributed by atoms with Gasteiger partial charge in [0, 0.05) is 42.2 Å². The number of rotatable bonds is 6. The summed E-state index contributed by atoms with van der Waals surface area (Å²) in [5.41, 5.74) is 2.19. The molecule has 0 fully saturated rings. The molecule has 3 aromatic rings. The molecular weight excluding hydrogens is 426 g/mol. The first-order chi connectivity index (χ1) is 14.7. The third-order valence-corrected chi connectivity index (χ3v) is 6.73. The molecule has 3 aromatic carbocycles. The summed E-state index contributed by atoms with van der Waals surface area (Å²) in [5.74, 6) is 0.0720. The molecule has 0 aliphatic carbocycles. The smallest absolute Gasteiger partial charge is 0.182 e. The van der Waals surface area contributed by atoms with Crippen LogP contribution < -0.4 is 0 Å². The van der Waals surface area contributed by atoms with Crippen LogP contribution in [0.2, 0.25) is 0 Å². The van der Waals surface area contributed by atoms with Gasteiger partial charge in [-0.1, -0.05) is 45.9 Å². The maximum Gasteiger partial charge on any atom is 0.182 e. The Morgan fingerprint density at radius 1 is 0.710 bits per heavy atom. The molecule has 0 aliphatic rings. The predicted octanol–water partition coefficient (Wildman–Crippen LogP) is 6.80. The van der Waals surface area contributed by atoms with Crippen LogP contribution in [-0.2, 0) is 0 Å². The van der Waals surface area contributed by atoms with E-state index in [0.717, 1.165) is 31.2 Å². The quantitative estimate of drug-likeness (QED) is 0.108. The lowest BCUT2D eigenvalue weighted by molar-refractivity contribution is -0.530. The maximum absolute atomic E-state index is 12.0. The SMILES string of the molecule is CC(C)(C)/[N+]([O-])=C/c1ccc(SSc2ccc(/C=C/c3cc(O)cc(O)c3)cc2)cc1. The van der Waals surface area contributed by atoms with Crippen LogP contribution in [0.15, 0.2) is 76.5 Å². The van der Waals surface area contributed by atoms with Gasteiger partial charge in [-0.2, -0.15) is 0 Å². The first kappa shape index (κ1) is 22.8. The van der Waals surface area contributed by atoms with Crippen molar-refractivity contribution in [3.05, 3.63) is 88.6 Å². The Hall–Kier alpha value is -2.83. The highest BCUT2D eigenvalue weighted by atomic mass is 33.1. The molecule has 3 rings (SSSR count). The van der Waals surface area contributed by atoms with Gasteiger partial charge in [-0.05, 0) is 59.7 Å². The first-order valence-corrected chi connectivity index (χ1v) is 11.9. The number of nitrogens with zero attached hydrogens (tertiary/aromatic N) is 1. The van der Waals surface area contributed by atoms with E-state index in [2.05, 4.69) is 12.1 Å². The maximum atomic E-state index is 12.0. The van der Waals surface area contributed by atoms with Gasteiger partial charge in [0.05, 0.1) is 0 Å². The fourth-order valence-electron chi connectivity index (χ4n) is 2.58. The minimum atomic E-state index is -0.449. The van der Waals surface area contributed by atoms with Crippen molar-refractivity contribution in [2.24, 2.45) is 0 Å². The Morgan fingerprint density at radius 2 is 1.16 bits per heavy atom. The molecule has 2 N–H and O–H groups in total. The number of hydrogen-bond donors (Lipinski definition) is 2. The second-order valence-corrected chi connectivity index (χ2v) is 10.3. The minimum Gasteiger partial charge on any atom is -0.623 e. The molecule has 0 saturated heterocycles. The molecule has 6 heteroatoms. The zero-order valence-electron chi connectivity index (χ0n) is 17.6. The van der Waals surface area contributed by atoms with E-state index in [0.29, 0.717) is 0 Å². The Morgan fingerprint density at radius 3 is 1.65 bits per heavy atom. The average Bonchev–Trinajstić information content (AvgIpc) is 2.71. The number of benzene rings is 3. The molecule has 31 heavy (non-hydrogen) atoms. The standard InChI is InChI=1S/C25H25NO3S2/c1-25(2,3)26(29)17-19-8-12-24(13-9-19)31-30-23-10-6-18(7-11-23)4-5-20-14-21(27)16-22(28)15-20/h4-17,27-28H,1-3H3/b5-4+,26-17-. The Balaban J connectivity index is 1.57. The van der Waals surface area contributed by atoms with Gasteiger partial charge in [0.15, 0.2) is 11.8 Å². The second-order valence-electron chi connectivity index (χ2n) is 8.05. The molecule has 0 aromatic heterocycles. The average molecular weight is 452 g/mol. The van der Waals surface area contributed by atoms with Crippen molar-refractivity contribution in [2.75, 3.05) is 0 Å². The number of hydrogen-bond acceptors (Lipinski definition) is 5. The molecule has 0 bridgehead atoms. The van der Waals surface area contributed by atoms with E-state index in [1.807, 2.05) is 69.3 Å². The lowest BCUT2D eigenvalue weighted by Gasteiger charge is -2.18. The van der Waals surface area contributed by atoms with E-state index >= 15 is 0 Å². The fourth-order valence-corrected chi connectivity index (χ4v) is 4.51. The zero-order valence-corrected chi connectivity index (χ0v) is 19.3. The number of phenols is 2. The van der Waals surface area contributed by atoms with Gasteiger partial charge in [0.1, 0.15) is 11.5 Å². The van der Waals surface area contributed by atoms with Crippen LogP contribution in [-0.4, -0.2) is 26.7 Å². The topological polar surface area (TPSA) is 66.5 Å². The Bertz CT molecular complexity index is 1060. The molecule has 0 atom stereocenters. The summed E-state index contributed by atoms with van der Waals surface area (Å²) in [6.07, 6.45) is 5.39. The molecule has 4 nitrogen and oxygen atoms in total. The largest absolute Gasteiger partial charge is 0.623 e. The van der Waals surface area contributed by atoms with Crippen LogP contribution in [0.3, 0.4) is 0 Å². The van der Waals surface area contributed by atoms with Gasteiger partial charge in [-0.25, -0.2) is 4.74 Å². The van der Waals surface area contributed by atoms with E-state index in [9.17, 15) is 15.4 Å². The Kier molecular flexibility index (Phi) is 7.36. The highest BCUT2D eigenvalue weighted by Crippen LogP contribution is 2.37. The lowest BCUT2D eigenvalue weighted by Crippen LogP contribution is -2.29. The molecule has 0 saturated carbocycles. The van der Waals surface area contributed by atoms with Crippen molar-refractivity contribution < 1.29 is 15.0 Å². The van der Waals surface area contributed by atoms with Crippen LogP contribution in [0.4, 0.5) is 0 Å². The monoisotopic (exact) mass is 451 g/mol. The van der Waals surface area contributed by atoms with Crippen molar-refractivity contribution in [3.8, 4) is 11.5 Å². The van der Waals surface area contributed by atoms with Crippen molar-refractivity contribution in [2.45, 2.75) is 36.1 Å². The van der Waals surface area contributed by atoms with Crippen molar-refractivity contribution in [3.63, 3.8) is 0 Å². The molecule has 0 unspecified atom stereocenters. The molecule has 160 valence electrons. The molecular formula is C25H25NO3S2. The number of hydroxylamine groups is 1. The zero-order chi connectivity index (χ0) is 22.4. The summed E-state index contributed by atoms with van der Waals surface area (Å²) in [5, 5.41) is 31.1. The first-order valence-electron chi connectivity index (χ1n) is 9.76. The fraction of sp³-hybridized carbons (Fsp3) is 0.160. The van der Waals surface area contributed by atoms with Crippen LogP contribution >= 0.6 is 21.6 Å². The van der Waals surface area contributed by atoms with Gasteiger partial charge in [-0.15, -0.1) is 0 Å². The summed E-state index contributed by atoms with van der Waals surface area (Å²) < 4.78 is 0.975. The van der Waals surface area contributed by atoms with Crippen molar-refractivity contribution in [1.82, 2.24) is 0 Å². The van der Waals surface area contributed by atoms with Crippen LogP contribution in [0.25, 0.3) is 12.2 Å². The van der Waals surface area contributed by atoms with E-state index in [-0.39, 0.29) is 11.5 Å². The molecule has 0 spiro atoms. The number of aromatic hydroxyl groups is 2. The third kappa shape index (κ3) is 7.12. The molecule has 0 amide bonds. The number of phenolic OH excluding ortho intramolecular Hbond substituents is 2. The van der Waals surface area contributed by atoms with Crippen LogP contribution in [0, 0.1) is 5.21 Å². The molecule has 0 heterocycles. The lowest BCUT2D eigenvalue weighted by atomic mass is 10.1. The second kappa shape index (κ2) is 9.98. The Labute approximate surface area is 190 Å². The highest BCUT2D eigenvalue weighted by Gasteiger charge is 2.17. The predicted molar refractivity (Wildman–Crippen MR) is 132 cm³/mol. The summed E-state index contributed by atoms with van der Waals surface area (Å²) in [7, 11) is 3.33. The van der Waals surface area contributed by atoms with Gasteiger partial charge >= 0.3 is 0 Å². The van der Waals surface area contributed by atoms with Gasteiger partial charge in [0.25, 0.3) is 0 Å². The minimum absolute atomic E-state index is 0.0360. The van der Waals surface area contributed by atoms with Crippen LogP contribution in [0.1, 0.15) is 37.5 Å². The van der Waals surface area contributed by atoms with E-state index < -0.39 is 5.54 Å². The van der Waals surface area contributed by atoms with Crippen molar-refractivity contribution >= 4 is 40.0 Å². The van der Waals surface area contributed by atoms with Gasteiger partial charge in [-0.3, -0.25) is 0 Å². The van der Waals surface area contributed by atoms with E-state index in [1.165, 1.54) is 6.07 Å².